The molecule has 2 fully saturated rings. The first-order valence-electron chi connectivity index (χ1n) is 10.3. The summed E-state index contributed by atoms with van der Waals surface area (Å²) in [6.45, 7) is 2.79. The minimum Gasteiger partial charge on any atom is -0.355 e. The minimum absolute atomic E-state index is 0.0572. The van der Waals surface area contributed by atoms with Gasteiger partial charge in [-0.05, 0) is 49.3 Å². The molecule has 2 aliphatic heterocycles. The average Bonchev–Trinajstić information content (AvgIpc) is 3.33. The van der Waals surface area contributed by atoms with E-state index in [9.17, 15) is 9.59 Å². The zero-order valence-corrected chi connectivity index (χ0v) is 17.6. The van der Waals surface area contributed by atoms with Crippen molar-refractivity contribution in [3.8, 4) is 0 Å². The molecule has 2 aromatic rings. The highest BCUT2D eigenvalue weighted by molar-refractivity contribution is 7.12. The second kappa shape index (κ2) is 8.90. The number of piperidine rings is 2. The molecule has 0 saturated carbocycles. The summed E-state index contributed by atoms with van der Waals surface area (Å²) in [5.41, 5.74) is 0. The Labute approximate surface area is 175 Å². The highest BCUT2D eigenvalue weighted by atomic mass is 32.1. The van der Waals surface area contributed by atoms with Crippen LogP contribution in [0.4, 0.5) is 5.82 Å². The van der Waals surface area contributed by atoms with E-state index in [1.807, 2.05) is 46.5 Å². The number of aromatic nitrogens is 2. The van der Waals surface area contributed by atoms with E-state index >= 15 is 0 Å². The number of anilines is 1. The molecule has 2 aromatic heterocycles. The third kappa shape index (κ3) is 4.42. The van der Waals surface area contributed by atoms with Gasteiger partial charge in [-0.2, -0.15) is 5.10 Å². The van der Waals surface area contributed by atoms with Gasteiger partial charge in [0, 0.05) is 45.5 Å². The molecule has 4 heterocycles. The molecule has 2 saturated heterocycles. The Hall–Kier alpha value is -2.48. The predicted octanol–water partition coefficient (Wildman–Crippen LogP) is 2.52. The van der Waals surface area contributed by atoms with Crippen LogP contribution in [0.3, 0.4) is 0 Å². The fourth-order valence-corrected chi connectivity index (χ4v) is 5.01. The molecule has 2 aliphatic rings. The van der Waals surface area contributed by atoms with Crippen molar-refractivity contribution in [2.24, 2.45) is 5.92 Å². The molecule has 0 spiro atoms. The Morgan fingerprint density at radius 1 is 1.10 bits per heavy atom. The van der Waals surface area contributed by atoms with Gasteiger partial charge in [0.2, 0.25) is 5.91 Å². The van der Waals surface area contributed by atoms with Crippen molar-refractivity contribution in [3.63, 3.8) is 0 Å². The fraction of sp³-hybridized carbons (Fsp3) is 0.524. The molecule has 0 N–H and O–H groups in total. The predicted molar refractivity (Wildman–Crippen MR) is 113 cm³/mol. The van der Waals surface area contributed by atoms with Gasteiger partial charge in [0.25, 0.3) is 5.91 Å². The van der Waals surface area contributed by atoms with E-state index in [1.165, 1.54) is 11.3 Å². The van der Waals surface area contributed by atoms with E-state index in [-0.39, 0.29) is 17.7 Å². The summed E-state index contributed by atoms with van der Waals surface area (Å²) in [7, 11) is 2.04. The number of nitrogens with zero attached hydrogens (tertiary/aromatic N) is 5. The van der Waals surface area contributed by atoms with Gasteiger partial charge in [-0.25, -0.2) is 0 Å². The topological polar surface area (TPSA) is 69.6 Å². The molecule has 2 amide bonds. The first kappa shape index (κ1) is 19.8. The van der Waals surface area contributed by atoms with Gasteiger partial charge in [-0.1, -0.05) is 6.07 Å². The van der Waals surface area contributed by atoms with Gasteiger partial charge in [-0.15, -0.1) is 16.4 Å². The number of thiophene rings is 1. The van der Waals surface area contributed by atoms with E-state index in [0.29, 0.717) is 12.6 Å². The second-order valence-electron chi connectivity index (χ2n) is 7.82. The molecule has 1 unspecified atom stereocenters. The SMILES string of the molecule is CN(c1cccnn1)C1CCN(C(=O)C2CCCN(C(=O)c3cccs3)C2)CC1. The Morgan fingerprint density at radius 2 is 1.93 bits per heavy atom. The van der Waals surface area contributed by atoms with Crippen LogP contribution in [0.25, 0.3) is 0 Å². The Morgan fingerprint density at radius 3 is 2.62 bits per heavy atom. The van der Waals surface area contributed by atoms with Crippen molar-refractivity contribution in [2.45, 2.75) is 31.7 Å². The lowest BCUT2D eigenvalue weighted by Gasteiger charge is -2.40. The van der Waals surface area contributed by atoms with Crippen LogP contribution < -0.4 is 4.90 Å². The van der Waals surface area contributed by atoms with Gasteiger partial charge >= 0.3 is 0 Å². The first-order chi connectivity index (χ1) is 14.1. The van der Waals surface area contributed by atoms with Crippen LogP contribution in [0, 0.1) is 5.92 Å². The highest BCUT2D eigenvalue weighted by Gasteiger charge is 2.34. The lowest BCUT2D eigenvalue weighted by Crippen LogP contribution is -2.50. The molecule has 154 valence electrons. The highest BCUT2D eigenvalue weighted by Crippen LogP contribution is 2.25. The number of hydrogen-bond acceptors (Lipinski definition) is 6. The molecular weight excluding hydrogens is 386 g/mol. The van der Waals surface area contributed by atoms with E-state index in [1.54, 1.807) is 6.20 Å². The third-order valence-corrected chi connectivity index (χ3v) is 6.89. The van der Waals surface area contributed by atoms with E-state index in [0.717, 1.165) is 56.0 Å². The number of carbonyl (C=O) groups is 2. The minimum atomic E-state index is -0.0815. The summed E-state index contributed by atoms with van der Waals surface area (Å²) in [5, 5.41) is 10.1. The Kier molecular flexibility index (Phi) is 6.08. The molecule has 0 bridgehead atoms. The van der Waals surface area contributed by atoms with Crippen molar-refractivity contribution >= 4 is 29.0 Å². The average molecular weight is 414 g/mol. The summed E-state index contributed by atoms with van der Waals surface area (Å²) in [6, 6.07) is 7.97. The normalized spacial score (nSPS) is 20.5. The zero-order chi connectivity index (χ0) is 20.2. The van der Waals surface area contributed by atoms with E-state index < -0.39 is 0 Å². The van der Waals surface area contributed by atoms with Crippen LogP contribution in [0.2, 0.25) is 0 Å². The van der Waals surface area contributed by atoms with Crippen LogP contribution in [0.5, 0.6) is 0 Å². The monoisotopic (exact) mass is 413 g/mol. The van der Waals surface area contributed by atoms with Gasteiger partial charge in [0.1, 0.15) is 0 Å². The number of likely N-dealkylation sites (tertiary alicyclic amines) is 2. The molecule has 4 rings (SSSR count). The third-order valence-electron chi connectivity index (χ3n) is 6.03. The number of hydrogen-bond donors (Lipinski definition) is 0. The van der Waals surface area contributed by atoms with Crippen molar-refractivity contribution in [1.29, 1.82) is 0 Å². The van der Waals surface area contributed by atoms with Crippen LogP contribution in [0.1, 0.15) is 35.4 Å². The number of carbonyl (C=O) groups excluding carboxylic acids is 2. The molecule has 7 nitrogen and oxygen atoms in total. The summed E-state index contributed by atoms with van der Waals surface area (Å²) in [4.78, 5) is 32.5. The largest absolute Gasteiger partial charge is 0.355 e. The number of rotatable bonds is 4. The van der Waals surface area contributed by atoms with Crippen molar-refractivity contribution in [3.05, 3.63) is 40.7 Å². The molecule has 0 radical (unpaired) electrons. The standard InChI is InChI=1S/C21H27N5O2S/c1-24(19-7-2-10-22-23-19)17-8-12-25(13-9-17)20(27)16-5-3-11-26(15-16)21(28)18-6-4-14-29-18/h2,4,6-7,10,14,16-17H,3,5,8-9,11-13,15H2,1H3. The molecule has 0 aliphatic carbocycles. The van der Waals surface area contributed by atoms with Gasteiger partial charge in [0.05, 0.1) is 10.8 Å². The van der Waals surface area contributed by atoms with Crippen LogP contribution in [-0.4, -0.2) is 71.1 Å². The van der Waals surface area contributed by atoms with Crippen molar-refractivity contribution in [1.82, 2.24) is 20.0 Å². The lowest BCUT2D eigenvalue weighted by atomic mass is 9.94. The first-order valence-corrected chi connectivity index (χ1v) is 11.1. The molecule has 29 heavy (non-hydrogen) atoms. The van der Waals surface area contributed by atoms with Crippen molar-refractivity contribution in [2.75, 3.05) is 38.1 Å². The van der Waals surface area contributed by atoms with Gasteiger partial charge in [-0.3, -0.25) is 9.59 Å². The second-order valence-corrected chi connectivity index (χ2v) is 8.76. The maximum Gasteiger partial charge on any atom is 0.263 e. The summed E-state index contributed by atoms with van der Waals surface area (Å²) >= 11 is 1.46. The van der Waals surface area contributed by atoms with Gasteiger partial charge in [0.15, 0.2) is 5.82 Å². The van der Waals surface area contributed by atoms with Gasteiger partial charge < -0.3 is 14.7 Å². The van der Waals surface area contributed by atoms with Crippen LogP contribution in [-0.2, 0) is 4.79 Å². The zero-order valence-electron chi connectivity index (χ0n) is 16.7. The van der Waals surface area contributed by atoms with E-state index in [2.05, 4.69) is 15.1 Å². The number of amides is 2. The maximum atomic E-state index is 13.1. The lowest BCUT2D eigenvalue weighted by molar-refractivity contribution is -0.138. The molecule has 8 heteroatoms. The Balaban J connectivity index is 1.31. The summed E-state index contributed by atoms with van der Waals surface area (Å²) in [5.74, 6) is 1.05. The maximum absolute atomic E-state index is 13.1. The Bertz CT molecular complexity index is 821. The van der Waals surface area contributed by atoms with E-state index in [4.69, 9.17) is 0 Å². The van der Waals surface area contributed by atoms with Crippen LogP contribution in [0.15, 0.2) is 35.8 Å². The molecule has 1 atom stereocenters. The van der Waals surface area contributed by atoms with Crippen LogP contribution >= 0.6 is 11.3 Å². The summed E-state index contributed by atoms with van der Waals surface area (Å²) in [6.07, 6.45) is 5.27. The molecular formula is C21H27N5O2S. The van der Waals surface area contributed by atoms with Crippen molar-refractivity contribution < 1.29 is 9.59 Å². The summed E-state index contributed by atoms with van der Waals surface area (Å²) < 4.78 is 0. The quantitative estimate of drug-likeness (QED) is 0.770. The smallest absolute Gasteiger partial charge is 0.263 e. The molecule has 0 aromatic carbocycles. The fourth-order valence-electron chi connectivity index (χ4n) is 4.32.